The molecule has 2 bridgehead atoms. The molecule has 17 heavy (non-hydrogen) atoms. The molecule has 2 fully saturated rings. The Morgan fingerprint density at radius 3 is 1.94 bits per heavy atom. The first-order chi connectivity index (χ1) is 7.68. The van der Waals surface area contributed by atoms with Crippen LogP contribution in [0.1, 0.15) is 6.42 Å². The summed E-state index contributed by atoms with van der Waals surface area (Å²) in [5, 5.41) is -0.506. The van der Waals surface area contributed by atoms with Gasteiger partial charge in [0.1, 0.15) is 0 Å². The first-order valence-electron chi connectivity index (χ1n) is 5.18. The second-order valence-electron chi connectivity index (χ2n) is 4.79. The van der Waals surface area contributed by atoms with Gasteiger partial charge in [0.2, 0.25) is 4.75 Å². The molecule has 0 amide bonds. The van der Waals surface area contributed by atoms with Gasteiger partial charge in [0.05, 0.1) is 0 Å². The summed E-state index contributed by atoms with van der Waals surface area (Å²) < 4.78 is 73.6. The molecular weight excluding hydrogens is 266 g/mol. The molecule has 3 aliphatic rings. The molecule has 3 rings (SSSR count). The lowest BCUT2D eigenvalue weighted by Gasteiger charge is -2.55. The Kier molecular flexibility index (Phi) is 2.05. The summed E-state index contributed by atoms with van der Waals surface area (Å²) in [7, 11) is 0. The summed E-state index contributed by atoms with van der Waals surface area (Å²) >= 11 is 0.0674. The molecule has 96 valence electrons. The Hall–Kier alpha value is -0.330. The highest BCUT2D eigenvalue weighted by Crippen LogP contribution is 2.74. The van der Waals surface area contributed by atoms with E-state index in [-0.39, 0.29) is 17.7 Å². The van der Waals surface area contributed by atoms with Crippen LogP contribution in [-0.4, -0.2) is 22.3 Å². The van der Waals surface area contributed by atoms with Crippen LogP contribution in [0, 0.1) is 17.8 Å². The summed E-state index contributed by atoms with van der Waals surface area (Å²) in [6.45, 7) is 0. The van der Waals surface area contributed by atoms with Crippen molar-refractivity contribution < 1.29 is 26.3 Å². The molecule has 0 aromatic heterocycles. The zero-order valence-electron chi connectivity index (χ0n) is 8.35. The van der Waals surface area contributed by atoms with E-state index in [1.165, 1.54) is 6.08 Å². The molecular formula is C10H8F6S. The van der Waals surface area contributed by atoms with Gasteiger partial charge in [0.25, 0.3) is 0 Å². The fraction of sp³-hybridized carbons (Fsp3) is 0.800. The van der Waals surface area contributed by atoms with Gasteiger partial charge < -0.3 is 0 Å². The average Bonchev–Trinajstić information content (AvgIpc) is 2.53. The molecule has 0 N–H and O–H groups in total. The molecule has 7 heteroatoms. The van der Waals surface area contributed by atoms with Gasteiger partial charge in [0.15, 0.2) is 0 Å². The molecule has 0 nitrogen and oxygen atoms in total. The quantitative estimate of drug-likeness (QED) is 0.478. The molecule has 1 saturated carbocycles. The first kappa shape index (κ1) is 11.7. The number of alkyl halides is 6. The lowest BCUT2D eigenvalue weighted by atomic mass is 9.78. The van der Waals surface area contributed by atoms with Crippen molar-refractivity contribution in [2.45, 2.75) is 28.8 Å². The standard InChI is InChI=1S/C10H8F6S/c11-9(12,13)8(10(14,15)16)6-4-1-2-5(3-4)7(6)17-8/h1-2,4-7H,3H2/t4-,5+,6+,7-/m0/s1. The maximum absolute atomic E-state index is 12.8. The predicted octanol–water partition coefficient (Wildman–Crippen LogP) is 3.79. The summed E-state index contributed by atoms with van der Waals surface area (Å²) in [5.41, 5.74) is 0. The summed E-state index contributed by atoms with van der Waals surface area (Å²) in [6, 6.07) is 0. The van der Waals surface area contributed by atoms with Crippen LogP contribution in [0.15, 0.2) is 12.2 Å². The van der Waals surface area contributed by atoms with E-state index in [4.69, 9.17) is 0 Å². The number of halogens is 6. The van der Waals surface area contributed by atoms with Crippen molar-refractivity contribution in [1.29, 1.82) is 0 Å². The maximum Gasteiger partial charge on any atom is 0.412 e. The van der Waals surface area contributed by atoms with Crippen LogP contribution in [0.25, 0.3) is 0 Å². The van der Waals surface area contributed by atoms with Crippen molar-refractivity contribution in [3.63, 3.8) is 0 Å². The fourth-order valence-corrected chi connectivity index (χ4v) is 5.24. The van der Waals surface area contributed by atoms with Crippen molar-refractivity contribution in [3.8, 4) is 0 Å². The van der Waals surface area contributed by atoms with Crippen LogP contribution in [0.2, 0.25) is 0 Å². The normalized spacial score (nSPS) is 42.5. The van der Waals surface area contributed by atoms with E-state index in [0.29, 0.717) is 6.42 Å². The van der Waals surface area contributed by atoms with Gasteiger partial charge >= 0.3 is 12.4 Å². The lowest BCUT2D eigenvalue weighted by molar-refractivity contribution is -0.286. The predicted molar refractivity (Wildman–Crippen MR) is 50.4 cm³/mol. The number of thioether (sulfide) groups is 1. The molecule has 0 aromatic rings. The number of hydrogen-bond donors (Lipinski definition) is 0. The smallest absolute Gasteiger partial charge is 0.169 e. The number of hydrogen-bond acceptors (Lipinski definition) is 1. The van der Waals surface area contributed by atoms with Crippen LogP contribution in [-0.2, 0) is 0 Å². The third kappa shape index (κ3) is 1.19. The molecule has 2 aliphatic carbocycles. The van der Waals surface area contributed by atoms with Crippen molar-refractivity contribution >= 4 is 11.8 Å². The van der Waals surface area contributed by atoms with Crippen LogP contribution in [0.3, 0.4) is 0 Å². The van der Waals surface area contributed by atoms with Gasteiger partial charge in [-0.15, -0.1) is 11.8 Å². The van der Waals surface area contributed by atoms with E-state index >= 15 is 0 Å². The van der Waals surface area contributed by atoms with E-state index in [1.807, 2.05) is 0 Å². The zero-order valence-corrected chi connectivity index (χ0v) is 9.16. The highest BCUT2D eigenvalue weighted by atomic mass is 32.2. The van der Waals surface area contributed by atoms with Gasteiger partial charge in [-0.05, 0) is 18.3 Å². The van der Waals surface area contributed by atoms with Crippen LogP contribution < -0.4 is 0 Å². The molecule has 1 heterocycles. The van der Waals surface area contributed by atoms with Crippen LogP contribution in [0.5, 0.6) is 0 Å². The number of allylic oxidation sites excluding steroid dienone is 2. The van der Waals surface area contributed by atoms with Gasteiger partial charge in [-0.3, -0.25) is 0 Å². The maximum atomic E-state index is 12.8. The van der Waals surface area contributed by atoms with Gasteiger partial charge in [-0.2, -0.15) is 26.3 Å². The molecule has 1 saturated heterocycles. The molecule has 0 aromatic carbocycles. The molecule has 4 atom stereocenters. The van der Waals surface area contributed by atoms with E-state index in [2.05, 4.69) is 0 Å². The topological polar surface area (TPSA) is 0 Å². The zero-order chi connectivity index (χ0) is 12.6. The Morgan fingerprint density at radius 2 is 1.47 bits per heavy atom. The summed E-state index contributed by atoms with van der Waals surface area (Å²) in [4.78, 5) is 0. The minimum Gasteiger partial charge on any atom is -0.169 e. The van der Waals surface area contributed by atoms with E-state index < -0.39 is 34.2 Å². The molecule has 1 aliphatic heterocycles. The van der Waals surface area contributed by atoms with Gasteiger partial charge in [-0.1, -0.05) is 12.2 Å². The monoisotopic (exact) mass is 274 g/mol. The Bertz CT molecular complexity index is 367. The second-order valence-corrected chi connectivity index (χ2v) is 6.21. The molecule has 0 spiro atoms. The van der Waals surface area contributed by atoms with Crippen LogP contribution >= 0.6 is 11.8 Å². The minimum absolute atomic E-state index is 0.0674. The third-order valence-electron chi connectivity index (χ3n) is 4.02. The largest absolute Gasteiger partial charge is 0.412 e. The minimum atomic E-state index is -5.23. The molecule has 0 unspecified atom stereocenters. The third-order valence-corrected chi connectivity index (χ3v) is 6.04. The summed E-state index contributed by atoms with van der Waals surface area (Å²) in [6.07, 6.45) is -6.73. The van der Waals surface area contributed by atoms with E-state index in [9.17, 15) is 26.3 Å². The van der Waals surface area contributed by atoms with Crippen molar-refractivity contribution in [3.05, 3.63) is 12.2 Å². The average molecular weight is 274 g/mol. The van der Waals surface area contributed by atoms with Gasteiger partial charge in [0, 0.05) is 11.2 Å². The number of rotatable bonds is 0. The highest BCUT2D eigenvalue weighted by molar-refractivity contribution is 8.03. The fourth-order valence-electron chi connectivity index (χ4n) is 3.36. The lowest BCUT2D eigenvalue weighted by Crippen LogP contribution is -2.69. The van der Waals surface area contributed by atoms with Crippen molar-refractivity contribution in [1.82, 2.24) is 0 Å². The molecule has 0 radical (unpaired) electrons. The van der Waals surface area contributed by atoms with Gasteiger partial charge in [-0.25, -0.2) is 0 Å². The van der Waals surface area contributed by atoms with E-state index in [1.54, 1.807) is 6.08 Å². The SMILES string of the molecule is FC(F)(F)C1(C(F)(F)F)S[C@@H]2[C@H]1[C@H]1C=C[C@@H]2C1. The Labute approximate surface area is 97.4 Å². The van der Waals surface area contributed by atoms with Crippen molar-refractivity contribution in [2.75, 3.05) is 0 Å². The Morgan fingerprint density at radius 1 is 0.941 bits per heavy atom. The Balaban J connectivity index is 2.03. The van der Waals surface area contributed by atoms with E-state index in [0.717, 1.165) is 0 Å². The second kappa shape index (κ2) is 2.97. The van der Waals surface area contributed by atoms with Crippen molar-refractivity contribution in [2.24, 2.45) is 17.8 Å². The highest BCUT2D eigenvalue weighted by Gasteiger charge is 2.84. The number of fused-ring (bicyclic) bond motifs is 5. The summed E-state index contributed by atoms with van der Waals surface area (Å²) in [5.74, 6) is -1.98. The first-order valence-corrected chi connectivity index (χ1v) is 6.06. The van der Waals surface area contributed by atoms with Crippen LogP contribution in [0.4, 0.5) is 26.3 Å².